The van der Waals surface area contributed by atoms with Crippen LogP contribution in [-0.4, -0.2) is 10.3 Å². The van der Waals surface area contributed by atoms with Crippen LogP contribution in [-0.2, 0) is 0 Å². The molecule has 15 heavy (non-hydrogen) atoms. The molecule has 2 rings (SSSR count). The summed E-state index contributed by atoms with van der Waals surface area (Å²) in [5.41, 5.74) is 0.345. The number of hydrogen-bond donors (Lipinski definition) is 2. The summed E-state index contributed by atoms with van der Waals surface area (Å²) in [5.74, 6) is 0.183. The van der Waals surface area contributed by atoms with Gasteiger partial charge in [-0.25, -0.2) is 9.95 Å². The summed E-state index contributed by atoms with van der Waals surface area (Å²) in [4.78, 5) is 11.2. The first-order valence-corrected chi connectivity index (χ1v) is 4.34. The molecule has 0 aliphatic carbocycles. The molecule has 2 aromatic rings. The number of phenolic OH excluding ortho intramolecular Hbond substituents is 1. The Labute approximate surface area is 84.8 Å². The van der Waals surface area contributed by atoms with Gasteiger partial charge in [0.05, 0.1) is 10.6 Å². The van der Waals surface area contributed by atoms with Crippen molar-refractivity contribution in [2.75, 3.05) is 0 Å². The van der Waals surface area contributed by atoms with Gasteiger partial charge in [-0.15, -0.1) is 0 Å². The van der Waals surface area contributed by atoms with Crippen LogP contribution in [0.4, 0.5) is 0 Å². The Morgan fingerprint density at radius 3 is 2.53 bits per heavy atom. The molecule has 0 spiro atoms. The summed E-state index contributed by atoms with van der Waals surface area (Å²) in [5, 5.41) is 12.3. The zero-order chi connectivity index (χ0) is 10.8. The molecule has 0 fully saturated rings. The fraction of sp³-hybridized carbons (Fsp3) is 0. The number of aromatic nitrogens is 1. The third-order valence-electron chi connectivity index (χ3n) is 2.02. The summed E-state index contributed by atoms with van der Waals surface area (Å²) in [7, 11) is 0. The summed E-state index contributed by atoms with van der Waals surface area (Å²) in [6.07, 6.45) is 1.64. The number of benzene rings is 1. The molecule has 0 amide bonds. The molecule has 4 heteroatoms. The molecule has 76 valence electrons. The molecule has 0 saturated heterocycles. The maximum Gasteiger partial charge on any atom is 0.365 e. The van der Waals surface area contributed by atoms with Gasteiger partial charge in [-0.05, 0) is 23.8 Å². The number of nitrogens with one attached hydrogen (secondary N) is 1. The number of H-pyrrole nitrogens is 1. The molecule has 1 aromatic carbocycles. The second-order valence-corrected chi connectivity index (χ2v) is 3.12. The molecular formula is C11H9NO3. The van der Waals surface area contributed by atoms with Crippen molar-refractivity contribution in [3.63, 3.8) is 0 Å². The number of phenols is 1. The number of aromatic amines is 1. The van der Waals surface area contributed by atoms with Crippen LogP contribution < -0.4 is 16.2 Å². The smallest absolute Gasteiger partial charge is 0.365 e. The van der Waals surface area contributed by atoms with Gasteiger partial charge in [-0.3, -0.25) is 0 Å². The fourth-order valence-electron chi connectivity index (χ4n) is 1.22. The largest absolute Gasteiger partial charge is 0.508 e. The normalized spacial score (nSPS) is 11.9. The number of rotatable bonds is 1. The Hall–Kier alpha value is -2.23. The highest BCUT2D eigenvalue weighted by Gasteiger charge is 1.95. The molecule has 0 atom stereocenters. The quantitative estimate of drug-likeness (QED) is 0.680. The predicted octanol–water partition coefficient (Wildman–Crippen LogP) is -0.0874. The molecule has 0 saturated carbocycles. The molecule has 2 N–H and O–H groups in total. The zero-order valence-electron chi connectivity index (χ0n) is 7.86. The van der Waals surface area contributed by atoms with Crippen molar-refractivity contribution in [1.82, 2.24) is 5.16 Å². The first-order chi connectivity index (χ1) is 7.16. The van der Waals surface area contributed by atoms with Crippen molar-refractivity contribution in [2.45, 2.75) is 0 Å². The van der Waals surface area contributed by atoms with Crippen LogP contribution in [0.15, 0.2) is 33.6 Å². The second kappa shape index (κ2) is 3.49. The summed E-state index contributed by atoms with van der Waals surface area (Å²) < 4.78 is 4.57. The van der Waals surface area contributed by atoms with E-state index < -0.39 is 5.63 Å². The monoisotopic (exact) mass is 203 g/mol. The molecule has 0 radical (unpaired) electrons. The van der Waals surface area contributed by atoms with Crippen molar-refractivity contribution in [2.24, 2.45) is 0 Å². The highest BCUT2D eigenvalue weighted by molar-refractivity contribution is 5.50. The van der Waals surface area contributed by atoms with Crippen LogP contribution in [0.5, 0.6) is 5.75 Å². The Morgan fingerprint density at radius 2 is 2.00 bits per heavy atom. The lowest BCUT2D eigenvalue weighted by Gasteiger charge is -1.91. The first-order valence-electron chi connectivity index (χ1n) is 4.34. The van der Waals surface area contributed by atoms with Crippen molar-refractivity contribution >= 4 is 12.7 Å². The Morgan fingerprint density at radius 1 is 1.33 bits per heavy atom. The topological polar surface area (TPSA) is 66.2 Å². The van der Waals surface area contributed by atoms with E-state index in [4.69, 9.17) is 5.11 Å². The van der Waals surface area contributed by atoms with Gasteiger partial charge in [0.25, 0.3) is 0 Å². The first kappa shape index (κ1) is 9.33. The molecule has 0 aliphatic heterocycles. The van der Waals surface area contributed by atoms with Crippen molar-refractivity contribution < 1.29 is 9.63 Å². The van der Waals surface area contributed by atoms with Crippen LogP contribution in [0.25, 0.3) is 12.7 Å². The number of aromatic hydroxyl groups is 1. The average molecular weight is 203 g/mol. The molecule has 0 aliphatic rings. The standard InChI is InChI=1S/C11H9NO3/c1-7-10(11(14)15-12-7)6-8-2-4-9(13)5-3-8/h2-6,12-13H,1H2/b10-6-. The van der Waals surface area contributed by atoms with E-state index in [-0.39, 0.29) is 5.75 Å². The minimum Gasteiger partial charge on any atom is -0.508 e. The zero-order valence-corrected chi connectivity index (χ0v) is 7.86. The van der Waals surface area contributed by atoms with Crippen molar-refractivity contribution in [3.8, 4) is 5.75 Å². The Balaban J connectivity index is 2.61. The van der Waals surface area contributed by atoms with Gasteiger partial charge in [-0.2, -0.15) is 0 Å². The summed E-state index contributed by atoms with van der Waals surface area (Å²) in [6, 6.07) is 6.48. The molecular weight excluding hydrogens is 194 g/mol. The lowest BCUT2D eigenvalue weighted by atomic mass is 10.2. The SMILES string of the molecule is C=c1[nH]oc(=O)/c1=C\c1ccc(O)cc1. The highest BCUT2D eigenvalue weighted by Crippen LogP contribution is 2.09. The van der Waals surface area contributed by atoms with Crippen LogP contribution in [0.2, 0.25) is 0 Å². The lowest BCUT2D eigenvalue weighted by Crippen LogP contribution is -2.31. The lowest BCUT2D eigenvalue weighted by molar-refractivity contribution is 0.386. The maximum absolute atomic E-state index is 11.2. The maximum atomic E-state index is 11.2. The number of hydrogen-bond acceptors (Lipinski definition) is 3. The van der Waals surface area contributed by atoms with Crippen LogP contribution in [0, 0.1) is 0 Å². The van der Waals surface area contributed by atoms with Gasteiger partial charge in [0.15, 0.2) is 0 Å². The van der Waals surface area contributed by atoms with Gasteiger partial charge in [0.1, 0.15) is 5.75 Å². The van der Waals surface area contributed by atoms with E-state index in [1.54, 1.807) is 30.3 Å². The molecule has 0 unspecified atom stereocenters. The average Bonchev–Trinajstić information content (AvgIpc) is 2.53. The van der Waals surface area contributed by atoms with Crippen LogP contribution in [0.1, 0.15) is 5.56 Å². The second-order valence-electron chi connectivity index (χ2n) is 3.12. The third-order valence-corrected chi connectivity index (χ3v) is 2.02. The van der Waals surface area contributed by atoms with Gasteiger partial charge in [0.2, 0.25) is 0 Å². The van der Waals surface area contributed by atoms with Crippen LogP contribution >= 0.6 is 0 Å². The Bertz CT molecular complexity index is 589. The van der Waals surface area contributed by atoms with Gasteiger partial charge < -0.3 is 9.63 Å². The van der Waals surface area contributed by atoms with E-state index in [0.29, 0.717) is 10.6 Å². The van der Waals surface area contributed by atoms with E-state index in [0.717, 1.165) is 5.56 Å². The fourth-order valence-corrected chi connectivity index (χ4v) is 1.22. The summed E-state index contributed by atoms with van der Waals surface area (Å²) in [6.45, 7) is 3.63. The van der Waals surface area contributed by atoms with Crippen molar-refractivity contribution in [3.05, 3.63) is 50.8 Å². The molecule has 0 bridgehead atoms. The summed E-state index contributed by atoms with van der Waals surface area (Å²) >= 11 is 0. The van der Waals surface area contributed by atoms with E-state index in [9.17, 15) is 4.79 Å². The minimum absolute atomic E-state index is 0.183. The highest BCUT2D eigenvalue weighted by atomic mass is 16.5. The predicted molar refractivity (Wildman–Crippen MR) is 55.8 cm³/mol. The van der Waals surface area contributed by atoms with Gasteiger partial charge in [-0.1, -0.05) is 18.7 Å². The Kier molecular flexibility index (Phi) is 2.17. The molecule has 1 heterocycles. The van der Waals surface area contributed by atoms with E-state index in [2.05, 4.69) is 16.3 Å². The molecule has 4 nitrogen and oxygen atoms in total. The van der Waals surface area contributed by atoms with E-state index in [1.165, 1.54) is 0 Å². The van der Waals surface area contributed by atoms with Gasteiger partial charge >= 0.3 is 5.63 Å². The van der Waals surface area contributed by atoms with E-state index in [1.807, 2.05) is 0 Å². The van der Waals surface area contributed by atoms with E-state index >= 15 is 0 Å². The van der Waals surface area contributed by atoms with Gasteiger partial charge in [0, 0.05) is 0 Å². The van der Waals surface area contributed by atoms with Crippen LogP contribution in [0.3, 0.4) is 0 Å². The third kappa shape index (κ3) is 1.83. The minimum atomic E-state index is -0.451. The molecule has 1 aromatic heterocycles. The van der Waals surface area contributed by atoms with Crippen molar-refractivity contribution in [1.29, 1.82) is 0 Å².